The zero-order chi connectivity index (χ0) is 15.0. The lowest BCUT2D eigenvalue weighted by molar-refractivity contribution is 0.0907. The number of nitrogens with one attached hydrogen (secondary N) is 1. The molecule has 2 nitrogen and oxygen atoms in total. The highest BCUT2D eigenvalue weighted by atomic mass is 32.1. The third-order valence-corrected chi connectivity index (χ3v) is 6.11. The Bertz CT molecular complexity index is 613. The molecule has 3 rings (SSSR count). The maximum atomic E-state index is 12.6. The van der Waals surface area contributed by atoms with Crippen LogP contribution in [0.1, 0.15) is 58.2 Å². The van der Waals surface area contributed by atoms with Crippen LogP contribution in [0.25, 0.3) is 0 Å². The van der Waals surface area contributed by atoms with Gasteiger partial charge in [-0.3, -0.25) is 4.79 Å². The van der Waals surface area contributed by atoms with Crippen LogP contribution in [0, 0.1) is 5.41 Å². The minimum atomic E-state index is 0.000497. The number of hydrogen-bond donors (Lipinski definition) is 1. The van der Waals surface area contributed by atoms with Crippen molar-refractivity contribution in [1.82, 2.24) is 5.32 Å². The molecule has 4 heteroatoms. The van der Waals surface area contributed by atoms with E-state index in [1.165, 1.54) is 21.7 Å². The van der Waals surface area contributed by atoms with Crippen molar-refractivity contribution in [1.29, 1.82) is 0 Å². The van der Waals surface area contributed by atoms with Crippen LogP contribution in [0.4, 0.5) is 0 Å². The molecule has 2 aromatic heterocycles. The zero-order valence-electron chi connectivity index (χ0n) is 12.7. The summed E-state index contributed by atoms with van der Waals surface area (Å²) in [6.45, 7) is 6.52. The van der Waals surface area contributed by atoms with Gasteiger partial charge in [0.25, 0.3) is 5.91 Å². The van der Waals surface area contributed by atoms with E-state index in [4.69, 9.17) is 0 Å². The highest BCUT2D eigenvalue weighted by Crippen LogP contribution is 2.36. The van der Waals surface area contributed by atoms with Gasteiger partial charge in [-0.25, -0.2) is 0 Å². The van der Waals surface area contributed by atoms with Gasteiger partial charge in [-0.1, -0.05) is 26.8 Å². The molecule has 1 aliphatic carbocycles. The fraction of sp³-hybridized carbons (Fsp3) is 0.471. The standard InChI is InChI=1S/C17H21NOS2/c1-17(2,3)15(13-8-5-9-20-13)18-16(19)14-10-11-6-4-7-12(11)21-14/h5,8-10,15H,4,6-7H2,1-3H3,(H,18,19)/t15-/m1/s1. The van der Waals surface area contributed by atoms with Crippen molar-refractivity contribution in [3.63, 3.8) is 0 Å². The summed E-state index contributed by atoms with van der Waals surface area (Å²) < 4.78 is 0. The van der Waals surface area contributed by atoms with Crippen molar-refractivity contribution in [3.8, 4) is 0 Å². The molecule has 1 amide bonds. The Balaban J connectivity index is 1.80. The van der Waals surface area contributed by atoms with Crippen LogP contribution >= 0.6 is 22.7 Å². The predicted octanol–water partition coefficient (Wildman–Crippen LogP) is 4.82. The zero-order valence-corrected chi connectivity index (χ0v) is 14.4. The van der Waals surface area contributed by atoms with E-state index in [9.17, 15) is 4.79 Å². The first-order chi connectivity index (χ1) is 9.95. The van der Waals surface area contributed by atoms with Gasteiger partial charge in [0.2, 0.25) is 0 Å². The Hall–Kier alpha value is -1.13. The van der Waals surface area contributed by atoms with E-state index < -0.39 is 0 Å². The van der Waals surface area contributed by atoms with E-state index in [0.717, 1.165) is 17.7 Å². The largest absolute Gasteiger partial charge is 0.343 e. The smallest absolute Gasteiger partial charge is 0.261 e. The molecule has 1 aliphatic rings. The van der Waals surface area contributed by atoms with Crippen LogP contribution in [-0.2, 0) is 12.8 Å². The van der Waals surface area contributed by atoms with E-state index in [0.29, 0.717) is 0 Å². The van der Waals surface area contributed by atoms with E-state index >= 15 is 0 Å². The molecule has 0 saturated heterocycles. The minimum Gasteiger partial charge on any atom is -0.343 e. The highest BCUT2D eigenvalue weighted by molar-refractivity contribution is 7.14. The number of aryl methyl sites for hydroxylation is 2. The van der Waals surface area contributed by atoms with Crippen LogP contribution in [0.15, 0.2) is 23.6 Å². The second-order valence-corrected chi connectivity index (χ2v) is 8.82. The third-order valence-electron chi connectivity index (χ3n) is 3.94. The van der Waals surface area contributed by atoms with Crippen LogP contribution in [0.2, 0.25) is 0 Å². The average molecular weight is 319 g/mol. The lowest BCUT2D eigenvalue weighted by atomic mass is 9.85. The van der Waals surface area contributed by atoms with Gasteiger partial charge in [-0.15, -0.1) is 22.7 Å². The van der Waals surface area contributed by atoms with Gasteiger partial charge in [0.15, 0.2) is 0 Å². The Morgan fingerprint density at radius 2 is 2.14 bits per heavy atom. The van der Waals surface area contributed by atoms with E-state index in [-0.39, 0.29) is 17.4 Å². The van der Waals surface area contributed by atoms with Gasteiger partial charge < -0.3 is 5.32 Å². The van der Waals surface area contributed by atoms with Crippen molar-refractivity contribution in [2.24, 2.45) is 5.41 Å². The van der Waals surface area contributed by atoms with Crippen molar-refractivity contribution in [2.75, 3.05) is 0 Å². The summed E-state index contributed by atoms with van der Waals surface area (Å²) in [5, 5.41) is 5.32. The summed E-state index contributed by atoms with van der Waals surface area (Å²) >= 11 is 3.38. The van der Waals surface area contributed by atoms with Crippen LogP contribution in [0.3, 0.4) is 0 Å². The second-order valence-electron chi connectivity index (χ2n) is 6.70. The number of amides is 1. The molecule has 0 saturated carbocycles. The van der Waals surface area contributed by atoms with E-state index in [1.807, 2.05) is 6.07 Å². The lowest BCUT2D eigenvalue weighted by Gasteiger charge is -2.30. The van der Waals surface area contributed by atoms with Gasteiger partial charge >= 0.3 is 0 Å². The molecule has 0 bridgehead atoms. The normalized spacial score (nSPS) is 15.8. The Kier molecular flexibility index (Phi) is 3.93. The van der Waals surface area contributed by atoms with Gasteiger partial charge in [-0.2, -0.15) is 0 Å². The number of carbonyl (C=O) groups excluding carboxylic acids is 1. The average Bonchev–Trinajstić information content (AvgIpc) is 3.09. The summed E-state index contributed by atoms with van der Waals surface area (Å²) in [5.74, 6) is 0.0720. The molecule has 1 N–H and O–H groups in total. The molecule has 21 heavy (non-hydrogen) atoms. The Morgan fingerprint density at radius 1 is 1.33 bits per heavy atom. The minimum absolute atomic E-state index is 0.000497. The van der Waals surface area contributed by atoms with Crippen molar-refractivity contribution < 1.29 is 4.79 Å². The van der Waals surface area contributed by atoms with E-state index in [2.05, 4.69) is 43.6 Å². The third kappa shape index (κ3) is 3.06. The van der Waals surface area contributed by atoms with Crippen molar-refractivity contribution in [2.45, 2.75) is 46.1 Å². The van der Waals surface area contributed by atoms with E-state index in [1.54, 1.807) is 22.7 Å². The monoisotopic (exact) mass is 319 g/mol. The Morgan fingerprint density at radius 3 is 2.76 bits per heavy atom. The maximum absolute atomic E-state index is 12.6. The Labute approximate surface area is 134 Å². The van der Waals surface area contributed by atoms with Gasteiger partial charge in [0, 0.05) is 9.75 Å². The predicted molar refractivity (Wildman–Crippen MR) is 90.3 cm³/mol. The summed E-state index contributed by atoms with van der Waals surface area (Å²) in [6, 6.07) is 6.30. The topological polar surface area (TPSA) is 29.1 Å². The van der Waals surface area contributed by atoms with Gasteiger partial charge in [0.05, 0.1) is 10.9 Å². The first-order valence-electron chi connectivity index (χ1n) is 7.41. The van der Waals surface area contributed by atoms with Crippen LogP contribution in [-0.4, -0.2) is 5.91 Å². The molecule has 0 aliphatic heterocycles. The summed E-state index contributed by atoms with van der Waals surface area (Å²) in [6.07, 6.45) is 3.51. The molecule has 0 unspecified atom stereocenters. The molecule has 0 aromatic carbocycles. The summed E-state index contributed by atoms with van der Waals surface area (Å²) in [5.41, 5.74) is 1.38. The van der Waals surface area contributed by atoms with Crippen LogP contribution in [0.5, 0.6) is 0 Å². The maximum Gasteiger partial charge on any atom is 0.261 e. The summed E-state index contributed by atoms with van der Waals surface area (Å²) in [4.78, 5) is 16.1. The first kappa shape index (κ1) is 14.8. The van der Waals surface area contributed by atoms with Gasteiger partial charge in [-0.05, 0) is 47.8 Å². The first-order valence-corrected chi connectivity index (χ1v) is 9.10. The van der Waals surface area contributed by atoms with Gasteiger partial charge in [0.1, 0.15) is 0 Å². The molecule has 0 spiro atoms. The molecule has 0 radical (unpaired) electrons. The number of thiophene rings is 2. The fourth-order valence-corrected chi connectivity index (χ4v) is 4.99. The summed E-state index contributed by atoms with van der Waals surface area (Å²) in [7, 11) is 0. The SMILES string of the molecule is CC(C)(C)[C@H](NC(=O)c1cc2c(s1)CCC2)c1cccs1. The van der Waals surface area contributed by atoms with Crippen LogP contribution < -0.4 is 5.32 Å². The van der Waals surface area contributed by atoms with Crippen molar-refractivity contribution in [3.05, 3.63) is 43.8 Å². The number of hydrogen-bond acceptors (Lipinski definition) is 3. The highest BCUT2D eigenvalue weighted by Gasteiger charge is 2.30. The molecular weight excluding hydrogens is 298 g/mol. The lowest BCUT2D eigenvalue weighted by Crippen LogP contribution is -2.35. The second kappa shape index (κ2) is 5.58. The molecule has 0 fully saturated rings. The number of carbonyl (C=O) groups is 1. The molecule has 2 heterocycles. The van der Waals surface area contributed by atoms with Crippen molar-refractivity contribution >= 4 is 28.6 Å². The fourth-order valence-electron chi connectivity index (χ4n) is 2.81. The molecule has 1 atom stereocenters. The molecule has 112 valence electrons. The number of fused-ring (bicyclic) bond motifs is 1. The molecular formula is C17H21NOS2. The molecule has 2 aromatic rings. The number of rotatable bonds is 3. The quantitative estimate of drug-likeness (QED) is 0.864.